The first-order chi connectivity index (χ1) is 9.79. The summed E-state index contributed by atoms with van der Waals surface area (Å²) in [6.45, 7) is 1.92. The SMILES string of the molecule is OC1(CNC2CCCCCCCCCCC2)CCOC1. The Morgan fingerprint density at radius 1 is 0.900 bits per heavy atom. The summed E-state index contributed by atoms with van der Waals surface area (Å²) in [6, 6.07) is 0.596. The van der Waals surface area contributed by atoms with E-state index >= 15 is 0 Å². The smallest absolute Gasteiger partial charge is 0.102 e. The van der Waals surface area contributed by atoms with Crippen molar-refractivity contribution in [1.82, 2.24) is 5.32 Å². The molecule has 0 spiro atoms. The third-order valence-electron chi connectivity index (χ3n) is 4.91. The van der Waals surface area contributed by atoms with Crippen LogP contribution in [-0.4, -0.2) is 36.5 Å². The van der Waals surface area contributed by atoms with E-state index in [1.807, 2.05) is 0 Å². The fraction of sp³-hybridized carbons (Fsp3) is 1.00. The van der Waals surface area contributed by atoms with Gasteiger partial charge in [-0.2, -0.15) is 0 Å². The Balaban J connectivity index is 1.71. The zero-order chi connectivity index (χ0) is 14.1. The Bertz CT molecular complexity index is 239. The standard InChI is InChI=1S/C17H33NO2/c19-17(12-13-20-15-17)14-18-16-10-8-6-4-2-1-3-5-7-9-11-16/h16,18-19H,1-15H2. The maximum atomic E-state index is 10.3. The van der Waals surface area contributed by atoms with Gasteiger partial charge in [-0.15, -0.1) is 0 Å². The minimum atomic E-state index is -0.607. The number of hydrogen-bond acceptors (Lipinski definition) is 3. The van der Waals surface area contributed by atoms with Crippen molar-refractivity contribution in [2.75, 3.05) is 19.8 Å². The predicted molar refractivity (Wildman–Crippen MR) is 83.0 cm³/mol. The van der Waals surface area contributed by atoms with Crippen molar-refractivity contribution in [2.45, 2.75) is 88.7 Å². The van der Waals surface area contributed by atoms with Gasteiger partial charge in [0.05, 0.1) is 6.61 Å². The molecule has 2 rings (SSSR count). The lowest BCUT2D eigenvalue weighted by Gasteiger charge is -2.26. The van der Waals surface area contributed by atoms with Gasteiger partial charge in [0, 0.05) is 25.6 Å². The monoisotopic (exact) mass is 283 g/mol. The Kier molecular flexibility index (Phi) is 7.32. The summed E-state index contributed by atoms with van der Waals surface area (Å²) < 4.78 is 5.32. The lowest BCUT2D eigenvalue weighted by Crippen LogP contribution is -2.45. The van der Waals surface area contributed by atoms with Crippen LogP contribution < -0.4 is 5.32 Å². The minimum absolute atomic E-state index is 0.507. The summed E-state index contributed by atoms with van der Waals surface area (Å²) in [7, 11) is 0. The Labute approximate surface area is 124 Å². The van der Waals surface area contributed by atoms with Crippen LogP contribution in [0.15, 0.2) is 0 Å². The molecule has 1 aliphatic carbocycles. The van der Waals surface area contributed by atoms with E-state index in [-0.39, 0.29) is 0 Å². The first-order valence-electron chi connectivity index (χ1n) is 8.82. The molecule has 3 heteroatoms. The summed E-state index contributed by atoms with van der Waals surface area (Å²) in [6.07, 6.45) is 15.9. The van der Waals surface area contributed by atoms with Crippen LogP contribution >= 0.6 is 0 Å². The molecule has 3 nitrogen and oxygen atoms in total. The van der Waals surface area contributed by atoms with Crippen molar-refractivity contribution in [3.63, 3.8) is 0 Å². The largest absolute Gasteiger partial charge is 0.386 e. The topological polar surface area (TPSA) is 41.5 Å². The molecule has 0 aromatic rings. The number of ether oxygens (including phenoxy) is 1. The maximum absolute atomic E-state index is 10.3. The fourth-order valence-electron chi connectivity index (χ4n) is 3.44. The van der Waals surface area contributed by atoms with Gasteiger partial charge in [0.2, 0.25) is 0 Å². The van der Waals surface area contributed by atoms with Crippen molar-refractivity contribution in [3.8, 4) is 0 Å². The van der Waals surface area contributed by atoms with Crippen LogP contribution in [-0.2, 0) is 4.74 Å². The molecule has 0 bridgehead atoms. The molecule has 2 aliphatic rings. The van der Waals surface area contributed by atoms with Crippen LogP contribution in [0, 0.1) is 0 Å². The molecule has 0 aromatic heterocycles. The summed E-state index contributed by atoms with van der Waals surface area (Å²) in [5.74, 6) is 0. The normalized spacial score (nSPS) is 31.6. The molecule has 1 unspecified atom stereocenters. The summed E-state index contributed by atoms with van der Waals surface area (Å²) in [5.41, 5.74) is -0.607. The summed E-state index contributed by atoms with van der Waals surface area (Å²) >= 11 is 0. The second kappa shape index (κ2) is 9.01. The first kappa shape index (κ1) is 16.3. The molecule has 0 radical (unpaired) electrons. The molecule has 1 aliphatic heterocycles. The van der Waals surface area contributed by atoms with E-state index < -0.39 is 5.60 Å². The van der Waals surface area contributed by atoms with E-state index in [1.165, 1.54) is 70.6 Å². The van der Waals surface area contributed by atoms with E-state index in [0.717, 1.165) is 6.42 Å². The zero-order valence-electron chi connectivity index (χ0n) is 13.0. The molecule has 118 valence electrons. The van der Waals surface area contributed by atoms with Gasteiger partial charge in [-0.3, -0.25) is 0 Å². The molecule has 0 amide bonds. The van der Waals surface area contributed by atoms with Gasteiger partial charge in [0.1, 0.15) is 5.60 Å². The molecule has 0 aromatic carbocycles. The summed E-state index contributed by atoms with van der Waals surface area (Å²) in [4.78, 5) is 0. The van der Waals surface area contributed by atoms with Crippen LogP contribution in [0.3, 0.4) is 0 Å². The number of aliphatic hydroxyl groups is 1. The van der Waals surface area contributed by atoms with Crippen molar-refractivity contribution in [1.29, 1.82) is 0 Å². The van der Waals surface area contributed by atoms with Gasteiger partial charge in [-0.1, -0.05) is 57.8 Å². The molecule has 2 N–H and O–H groups in total. The van der Waals surface area contributed by atoms with Crippen LogP contribution in [0.4, 0.5) is 0 Å². The van der Waals surface area contributed by atoms with Gasteiger partial charge >= 0.3 is 0 Å². The molecular weight excluding hydrogens is 250 g/mol. The van der Waals surface area contributed by atoms with Gasteiger partial charge < -0.3 is 15.2 Å². The van der Waals surface area contributed by atoms with Gasteiger partial charge in [0.15, 0.2) is 0 Å². The highest BCUT2D eigenvalue weighted by Gasteiger charge is 2.32. The molecule has 20 heavy (non-hydrogen) atoms. The summed E-state index contributed by atoms with van der Waals surface area (Å²) in [5, 5.41) is 14.0. The Morgan fingerprint density at radius 3 is 1.95 bits per heavy atom. The molecular formula is C17H33NO2. The molecule has 2 fully saturated rings. The predicted octanol–water partition coefficient (Wildman–Crippen LogP) is 3.40. The molecule has 1 atom stereocenters. The van der Waals surface area contributed by atoms with E-state index in [2.05, 4.69) is 5.32 Å². The number of nitrogens with one attached hydrogen (secondary N) is 1. The van der Waals surface area contributed by atoms with Crippen molar-refractivity contribution in [3.05, 3.63) is 0 Å². The molecule has 1 saturated heterocycles. The quantitative estimate of drug-likeness (QED) is 0.834. The highest BCUT2D eigenvalue weighted by atomic mass is 16.5. The average molecular weight is 283 g/mol. The zero-order valence-corrected chi connectivity index (χ0v) is 13.0. The van der Waals surface area contributed by atoms with Crippen molar-refractivity contribution in [2.24, 2.45) is 0 Å². The number of hydrogen-bond donors (Lipinski definition) is 2. The maximum Gasteiger partial charge on any atom is 0.102 e. The number of rotatable bonds is 3. The van der Waals surface area contributed by atoms with Crippen molar-refractivity contribution < 1.29 is 9.84 Å². The Hall–Kier alpha value is -0.120. The Morgan fingerprint density at radius 2 is 1.45 bits per heavy atom. The second-order valence-electron chi connectivity index (χ2n) is 6.86. The second-order valence-corrected chi connectivity index (χ2v) is 6.86. The molecule has 1 saturated carbocycles. The van der Waals surface area contributed by atoms with E-state index in [9.17, 15) is 5.11 Å². The van der Waals surface area contributed by atoms with Gasteiger partial charge in [-0.05, 0) is 12.8 Å². The minimum Gasteiger partial charge on any atom is -0.386 e. The lowest BCUT2D eigenvalue weighted by atomic mass is 9.96. The first-order valence-corrected chi connectivity index (χ1v) is 8.82. The molecule has 1 heterocycles. The van der Waals surface area contributed by atoms with Gasteiger partial charge in [0.25, 0.3) is 0 Å². The lowest BCUT2D eigenvalue weighted by molar-refractivity contribution is 0.0242. The van der Waals surface area contributed by atoms with Crippen LogP contribution in [0.2, 0.25) is 0 Å². The van der Waals surface area contributed by atoms with Crippen LogP contribution in [0.5, 0.6) is 0 Å². The van der Waals surface area contributed by atoms with Gasteiger partial charge in [-0.25, -0.2) is 0 Å². The van der Waals surface area contributed by atoms with E-state index in [4.69, 9.17) is 4.74 Å². The van der Waals surface area contributed by atoms with Crippen molar-refractivity contribution >= 4 is 0 Å². The highest BCUT2D eigenvalue weighted by Crippen LogP contribution is 2.20. The third-order valence-corrected chi connectivity index (χ3v) is 4.91. The fourth-order valence-corrected chi connectivity index (χ4v) is 3.44. The third kappa shape index (κ3) is 6.11. The van der Waals surface area contributed by atoms with E-state index in [0.29, 0.717) is 25.8 Å². The van der Waals surface area contributed by atoms with E-state index in [1.54, 1.807) is 0 Å². The van der Waals surface area contributed by atoms with Crippen LogP contribution in [0.25, 0.3) is 0 Å². The van der Waals surface area contributed by atoms with Crippen LogP contribution in [0.1, 0.15) is 77.0 Å². The highest BCUT2D eigenvalue weighted by molar-refractivity contribution is 4.86. The average Bonchev–Trinajstić information content (AvgIpc) is 2.86.